The van der Waals surface area contributed by atoms with E-state index in [1.165, 1.54) is 0 Å². The monoisotopic (exact) mass is 186 g/mol. The van der Waals surface area contributed by atoms with E-state index in [9.17, 15) is 4.55 Å². The van der Waals surface area contributed by atoms with Crippen LogP contribution in [0.15, 0.2) is 0 Å². The van der Waals surface area contributed by atoms with Gasteiger partial charge in [-0.25, -0.2) is 0 Å². The zero-order valence-corrected chi connectivity index (χ0v) is 9.63. The highest BCUT2D eigenvalue weighted by atomic mass is 32.2. The molecule has 0 aliphatic heterocycles. The van der Waals surface area contributed by atoms with Crippen LogP contribution in [0.25, 0.3) is 0 Å². The smallest absolute Gasteiger partial charge is 0.180 e. The van der Waals surface area contributed by atoms with Crippen LogP contribution in [0.4, 0.5) is 0 Å². The molecular formula is C10H18OS. The van der Waals surface area contributed by atoms with Crippen LogP contribution in [-0.2, 0) is 11.2 Å². The average molecular weight is 186 g/mol. The lowest BCUT2D eigenvalue weighted by molar-refractivity contribution is 0.538. The first-order valence-corrected chi connectivity index (χ1v) is 5.22. The second-order valence-corrected chi connectivity index (χ2v) is 7.05. The maximum atomic E-state index is 11.9. The van der Waals surface area contributed by atoms with Gasteiger partial charge in [0.2, 0.25) is 0 Å². The van der Waals surface area contributed by atoms with Crippen LogP contribution in [0.3, 0.4) is 0 Å². The molecule has 0 heterocycles. The van der Waals surface area contributed by atoms with Crippen LogP contribution in [0, 0.1) is 11.8 Å². The van der Waals surface area contributed by atoms with Gasteiger partial charge in [-0.05, 0) is 58.6 Å². The number of hydrogen-bond donors (Lipinski definition) is 0. The van der Waals surface area contributed by atoms with E-state index in [2.05, 4.69) is 11.8 Å². The van der Waals surface area contributed by atoms with Crippen molar-refractivity contribution >= 4 is 11.2 Å². The zero-order valence-electron chi connectivity index (χ0n) is 8.82. The van der Waals surface area contributed by atoms with Crippen molar-refractivity contribution in [1.82, 2.24) is 0 Å². The molecule has 0 spiro atoms. The summed E-state index contributed by atoms with van der Waals surface area (Å²) in [5.74, 6) is 5.80. The van der Waals surface area contributed by atoms with E-state index in [1.54, 1.807) is 6.92 Å². The summed E-state index contributed by atoms with van der Waals surface area (Å²) in [5.41, 5.74) is 0. The zero-order chi connectivity index (χ0) is 9.99. The first-order chi connectivity index (χ1) is 5.22. The minimum atomic E-state index is -0.921. The molecule has 0 radical (unpaired) electrons. The molecule has 0 bridgehead atoms. The van der Waals surface area contributed by atoms with E-state index in [-0.39, 0.29) is 4.75 Å². The van der Waals surface area contributed by atoms with Gasteiger partial charge in [0.25, 0.3) is 0 Å². The summed E-state index contributed by atoms with van der Waals surface area (Å²) < 4.78 is 11.3. The minimum absolute atomic E-state index is 0.187. The third-order valence-electron chi connectivity index (χ3n) is 1.45. The van der Waals surface area contributed by atoms with Gasteiger partial charge in [0.1, 0.15) is 4.75 Å². The van der Waals surface area contributed by atoms with Gasteiger partial charge in [-0.2, -0.15) is 0 Å². The molecule has 2 heteroatoms. The van der Waals surface area contributed by atoms with Crippen LogP contribution in [0.1, 0.15) is 41.5 Å². The van der Waals surface area contributed by atoms with Crippen molar-refractivity contribution < 1.29 is 4.55 Å². The molecule has 0 aliphatic carbocycles. The molecule has 1 unspecified atom stereocenters. The molecule has 12 heavy (non-hydrogen) atoms. The molecule has 0 fully saturated rings. The van der Waals surface area contributed by atoms with Crippen molar-refractivity contribution in [3.05, 3.63) is 0 Å². The molecule has 1 atom stereocenters. The molecule has 0 aromatic carbocycles. The summed E-state index contributed by atoms with van der Waals surface area (Å²) in [4.78, 5) is 0. The first kappa shape index (κ1) is 11.9. The van der Waals surface area contributed by atoms with Crippen LogP contribution in [-0.4, -0.2) is 14.0 Å². The highest BCUT2D eigenvalue weighted by molar-refractivity contribution is 7.94. The summed E-state index contributed by atoms with van der Waals surface area (Å²) in [5, 5.41) is 0. The van der Waals surface area contributed by atoms with Crippen LogP contribution in [0.2, 0.25) is 0 Å². The second kappa shape index (κ2) is 3.72. The fourth-order valence-corrected chi connectivity index (χ4v) is 2.84. The first-order valence-electron chi connectivity index (χ1n) is 4.07. The van der Waals surface area contributed by atoms with Gasteiger partial charge < -0.3 is 4.55 Å². The van der Waals surface area contributed by atoms with Crippen molar-refractivity contribution in [2.75, 3.05) is 0 Å². The fourth-order valence-electron chi connectivity index (χ4n) is 1.11. The Hall–Kier alpha value is -0.130. The molecule has 0 aliphatic rings. The predicted molar refractivity (Wildman–Crippen MR) is 55.4 cm³/mol. The number of rotatable bonds is 1. The second-order valence-electron chi connectivity index (χ2n) is 4.27. The Morgan fingerprint density at radius 1 is 1.08 bits per heavy atom. The normalized spacial score (nSPS) is 14.9. The van der Waals surface area contributed by atoms with Crippen molar-refractivity contribution in [3.63, 3.8) is 0 Å². The molecule has 0 N–H and O–H groups in total. The summed E-state index contributed by atoms with van der Waals surface area (Å²) in [6.45, 7) is 11.5. The van der Waals surface area contributed by atoms with Crippen LogP contribution < -0.4 is 0 Å². The molecular weight excluding hydrogens is 168 g/mol. The van der Waals surface area contributed by atoms with Gasteiger partial charge in [0.15, 0.2) is 4.75 Å². The summed E-state index contributed by atoms with van der Waals surface area (Å²) in [6.07, 6.45) is 0. The van der Waals surface area contributed by atoms with Gasteiger partial charge >= 0.3 is 0 Å². The van der Waals surface area contributed by atoms with Crippen molar-refractivity contribution in [2.24, 2.45) is 0 Å². The largest absolute Gasteiger partial charge is 0.615 e. The van der Waals surface area contributed by atoms with E-state index in [4.69, 9.17) is 0 Å². The lowest BCUT2D eigenvalue weighted by Crippen LogP contribution is -2.43. The van der Waals surface area contributed by atoms with Gasteiger partial charge in [-0.15, -0.1) is 5.92 Å². The summed E-state index contributed by atoms with van der Waals surface area (Å²) in [6, 6.07) is 0. The molecule has 1 nitrogen and oxygen atoms in total. The Morgan fingerprint density at radius 3 is 1.75 bits per heavy atom. The van der Waals surface area contributed by atoms with Crippen molar-refractivity contribution in [3.8, 4) is 11.8 Å². The highest BCUT2D eigenvalue weighted by Crippen LogP contribution is 2.28. The topological polar surface area (TPSA) is 23.1 Å². The Bertz CT molecular complexity index is 202. The standard InChI is InChI=1S/C10H18OS/c1-7-8-10(5,6)12(11)9(2,3)4/h1-6H3. The Morgan fingerprint density at radius 2 is 1.50 bits per heavy atom. The lowest BCUT2D eigenvalue weighted by Gasteiger charge is -2.33. The Balaban J connectivity index is 4.64. The molecule has 0 aromatic heterocycles. The van der Waals surface area contributed by atoms with Crippen molar-refractivity contribution in [1.29, 1.82) is 0 Å². The quantitative estimate of drug-likeness (QED) is 0.455. The Labute approximate surface area is 79.1 Å². The van der Waals surface area contributed by atoms with E-state index in [0.29, 0.717) is 0 Å². The van der Waals surface area contributed by atoms with Crippen LogP contribution >= 0.6 is 0 Å². The summed E-state index contributed by atoms with van der Waals surface area (Å²) >= 11 is -0.921. The highest BCUT2D eigenvalue weighted by Gasteiger charge is 2.39. The fraction of sp³-hybridized carbons (Fsp3) is 0.800. The molecule has 0 amide bonds. The summed E-state index contributed by atoms with van der Waals surface area (Å²) in [7, 11) is 0. The van der Waals surface area contributed by atoms with E-state index < -0.39 is 15.9 Å². The predicted octanol–water partition coefficient (Wildman–Crippen LogP) is 2.34. The number of hydrogen-bond acceptors (Lipinski definition) is 1. The van der Waals surface area contributed by atoms with Gasteiger partial charge in [-0.1, -0.05) is 0 Å². The van der Waals surface area contributed by atoms with E-state index in [1.807, 2.05) is 34.6 Å². The molecule has 0 saturated carbocycles. The maximum absolute atomic E-state index is 11.9. The molecule has 0 aromatic rings. The van der Waals surface area contributed by atoms with Gasteiger partial charge in [-0.3, -0.25) is 0 Å². The van der Waals surface area contributed by atoms with Gasteiger partial charge in [0, 0.05) is 0 Å². The maximum Gasteiger partial charge on any atom is 0.180 e. The lowest BCUT2D eigenvalue weighted by atomic mass is 10.2. The van der Waals surface area contributed by atoms with Gasteiger partial charge in [0.05, 0.1) is 0 Å². The average Bonchev–Trinajstić information content (AvgIpc) is 1.84. The van der Waals surface area contributed by atoms with E-state index >= 15 is 0 Å². The Kier molecular flexibility index (Phi) is 3.68. The molecule has 0 saturated heterocycles. The van der Waals surface area contributed by atoms with Crippen molar-refractivity contribution in [2.45, 2.75) is 51.0 Å². The molecule has 70 valence electrons. The minimum Gasteiger partial charge on any atom is -0.615 e. The van der Waals surface area contributed by atoms with Crippen LogP contribution in [0.5, 0.6) is 0 Å². The third kappa shape index (κ3) is 3.08. The van der Waals surface area contributed by atoms with E-state index in [0.717, 1.165) is 0 Å². The SMILES string of the molecule is CC#CC(C)(C)[S+]([O-])C(C)(C)C. The molecule has 0 rings (SSSR count). The third-order valence-corrected chi connectivity index (χ3v) is 3.59.